The Morgan fingerprint density at radius 1 is 1.03 bits per heavy atom. The van der Waals surface area contributed by atoms with Crippen LogP contribution in [0.1, 0.15) is 43.0 Å². The molecule has 1 aliphatic rings. The lowest BCUT2D eigenvalue weighted by Crippen LogP contribution is -2.41. The number of rotatable bonds is 5. The van der Waals surface area contributed by atoms with Crippen molar-refractivity contribution in [3.63, 3.8) is 0 Å². The molecule has 2 aromatic carbocycles. The van der Waals surface area contributed by atoms with E-state index in [2.05, 4.69) is 12.2 Å². The smallest absolute Gasteiger partial charge is 0.252 e. The lowest BCUT2D eigenvalue weighted by atomic mass is 9.85. The maximum Gasteiger partial charge on any atom is 0.252 e. The first kappa shape index (κ1) is 20.2. The maximum absolute atomic E-state index is 13.3. The van der Waals surface area contributed by atoms with E-state index in [4.69, 9.17) is 14.5 Å². The molecule has 1 saturated carbocycles. The van der Waals surface area contributed by atoms with Gasteiger partial charge < -0.3 is 14.8 Å². The minimum atomic E-state index is -0.0407. The van der Waals surface area contributed by atoms with Gasteiger partial charge in [0.05, 0.1) is 31.0 Å². The fourth-order valence-electron chi connectivity index (χ4n) is 4.29. The Balaban J connectivity index is 1.77. The average Bonchev–Trinajstić information content (AvgIpc) is 2.79. The van der Waals surface area contributed by atoms with Gasteiger partial charge >= 0.3 is 0 Å². The highest BCUT2D eigenvalue weighted by Gasteiger charge is 2.24. The molecular formula is C25H28N2O3. The Hall–Kier alpha value is -3.08. The second-order valence-corrected chi connectivity index (χ2v) is 7.98. The number of nitrogens with one attached hydrogen (secondary N) is 1. The summed E-state index contributed by atoms with van der Waals surface area (Å²) >= 11 is 0. The largest absolute Gasteiger partial charge is 0.497 e. The molecule has 0 bridgehead atoms. The number of hydrogen-bond acceptors (Lipinski definition) is 4. The summed E-state index contributed by atoms with van der Waals surface area (Å²) in [5.41, 5.74) is 2.96. The lowest BCUT2D eigenvalue weighted by Gasteiger charge is -2.29. The Labute approximate surface area is 177 Å². The van der Waals surface area contributed by atoms with Gasteiger partial charge in [-0.05, 0) is 43.0 Å². The molecule has 1 amide bonds. The summed E-state index contributed by atoms with van der Waals surface area (Å²) in [5, 5.41) is 4.14. The predicted molar refractivity (Wildman–Crippen MR) is 119 cm³/mol. The molecule has 30 heavy (non-hydrogen) atoms. The summed E-state index contributed by atoms with van der Waals surface area (Å²) in [4.78, 5) is 18.1. The zero-order chi connectivity index (χ0) is 21.1. The van der Waals surface area contributed by atoms with Gasteiger partial charge in [0.25, 0.3) is 5.91 Å². The third-order valence-electron chi connectivity index (χ3n) is 6.07. The summed E-state index contributed by atoms with van der Waals surface area (Å²) in [6, 6.07) is 15.5. The van der Waals surface area contributed by atoms with Crippen LogP contribution in [0.4, 0.5) is 0 Å². The Bertz CT molecular complexity index is 1060. The highest BCUT2D eigenvalue weighted by molar-refractivity contribution is 6.07. The molecule has 0 spiro atoms. The standard InChI is InChI=1S/C25H28N2O3/c1-16-8-4-6-10-21(16)27-25(28)20-15-23(26-22-11-7-5-9-18(20)22)19-13-12-17(29-2)14-24(19)30-3/h5,7,9,11-16,21H,4,6,8,10H2,1-3H3,(H,27,28)/t16-,21+/m1/s1. The first-order valence-corrected chi connectivity index (χ1v) is 10.5. The van der Waals surface area contributed by atoms with E-state index in [0.717, 1.165) is 29.3 Å². The number of carbonyl (C=O) groups excluding carboxylic acids is 1. The summed E-state index contributed by atoms with van der Waals surface area (Å²) < 4.78 is 10.9. The van der Waals surface area contributed by atoms with Crippen LogP contribution in [0.2, 0.25) is 0 Å². The number of amides is 1. The van der Waals surface area contributed by atoms with Crippen LogP contribution in [0, 0.1) is 5.92 Å². The van der Waals surface area contributed by atoms with Gasteiger partial charge in [0.1, 0.15) is 11.5 Å². The summed E-state index contributed by atoms with van der Waals surface area (Å²) in [7, 11) is 3.24. The minimum Gasteiger partial charge on any atom is -0.497 e. The molecular weight excluding hydrogens is 376 g/mol. The van der Waals surface area contributed by atoms with Crippen molar-refractivity contribution >= 4 is 16.8 Å². The fourth-order valence-corrected chi connectivity index (χ4v) is 4.29. The van der Waals surface area contributed by atoms with E-state index < -0.39 is 0 Å². The number of benzene rings is 2. The van der Waals surface area contributed by atoms with Crippen molar-refractivity contribution in [1.29, 1.82) is 0 Å². The monoisotopic (exact) mass is 404 g/mol. The predicted octanol–water partition coefficient (Wildman–Crippen LogP) is 5.23. The number of carbonyl (C=O) groups is 1. The Kier molecular flexibility index (Phi) is 5.88. The number of pyridine rings is 1. The van der Waals surface area contributed by atoms with Gasteiger partial charge in [-0.3, -0.25) is 4.79 Å². The Morgan fingerprint density at radius 3 is 2.60 bits per heavy atom. The van der Waals surface area contributed by atoms with E-state index in [1.807, 2.05) is 48.5 Å². The van der Waals surface area contributed by atoms with Crippen molar-refractivity contribution in [2.75, 3.05) is 14.2 Å². The van der Waals surface area contributed by atoms with Crippen LogP contribution in [0.25, 0.3) is 22.2 Å². The molecule has 4 rings (SSSR count). The summed E-state index contributed by atoms with van der Waals surface area (Å²) in [6.45, 7) is 2.22. The zero-order valence-corrected chi connectivity index (χ0v) is 17.8. The number of ether oxygens (including phenoxy) is 2. The van der Waals surface area contributed by atoms with Crippen LogP contribution in [0.5, 0.6) is 11.5 Å². The maximum atomic E-state index is 13.3. The highest BCUT2D eigenvalue weighted by Crippen LogP contribution is 2.34. The van der Waals surface area contributed by atoms with Crippen LogP contribution in [-0.2, 0) is 0 Å². The SMILES string of the molecule is COc1ccc(-c2cc(C(=O)N[C@H]3CCCC[C@H]3C)c3ccccc3n2)c(OC)c1. The highest BCUT2D eigenvalue weighted by atomic mass is 16.5. The molecule has 1 aliphatic carbocycles. The van der Waals surface area contributed by atoms with Crippen molar-refractivity contribution in [2.45, 2.75) is 38.6 Å². The van der Waals surface area contributed by atoms with Gasteiger partial charge in [0.15, 0.2) is 0 Å². The van der Waals surface area contributed by atoms with Crippen molar-refractivity contribution < 1.29 is 14.3 Å². The van der Waals surface area contributed by atoms with Crippen molar-refractivity contribution in [2.24, 2.45) is 5.92 Å². The van der Waals surface area contributed by atoms with Gasteiger partial charge in [-0.1, -0.05) is 38.0 Å². The van der Waals surface area contributed by atoms with Gasteiger partial charge in [0, 0.05) is 23.1 Å². The topological polar surface area (TPSA) is 60.5 Å². The van der Waals surface area contributed by atoms with Crippen molar-refractivity contribution in [3.05, 3.63) is 54.1 Å². The quantitative estimate of drug-likeness (QED) is 0.633. The number of methoxy groups -OCH3 is 2. The van der Waals surface area contributed by atoms with Crippen molar-refractivity contribution in [3.8, 4) is 22.8 Å². The average molecular weight is 405 g/mol. The Morgan fingerprint density at radius 2 is 1.83 bits per heavy atom. The lowest BCUT2D eigenvalue weighted by molar-refractivity contribution is 0.0912. The third-order valence-corrected chi connectivity index (χ3v) is 6.07. The van der Waals surface area contributed by atoms with Crippen LogP contribution < -0.4 is 14.8 Å². The molecule has 0 aliphatic heterocycles. The molecule has 5 heteroatoms. The minimum absolute atomic E-state index is 0.0407. The van der Waals surface area contributed by atoms with E-state index >= 15 is 0 Å². The van der Waals surface area contributed by atoms with E-state index in [9.17, 15) is 4.79 Å². The number of para-hydroxylation sites is 1. The first-order valence-electron chi connectivity index (χ1n) is 10.5. The number of nitrogens with zero attached hydrogens (tertiary/aromatic N) is 1. The molecule has 1 N–H and O–H groups in total. The molecule has 2 atom stereocenters. The molecule has 3 aromatic rings. The fraction of sp³-hybridized carbons (Fsp3) is 0.360. The van der Waals surface area contributed by atoms with E-state index in [1.165, 1.54) is 12.8 Å². The molecule has 1 fully saturated rings. The number of hydrogen-bond donors (Lipinski definition) is 1. The normalized spacial score (nSPS) is 18.8. The van der Waals surface area contributed by atoms with Gasteiger partial charge in [0.2, 0.25) is 0 Å². The van der Waals surface area contributed by atoms with Crippen LogP contribution >= 0.6 is 0 Å². The van der Waals surface area contributed by atoms with Crippen LogP contribution in [0.15, 0.2) is 48.5 Å². The molecule has 1 aromatic heterocycles. The van der Waals surface area contributed by atoms with Gasteiger partial charge in [-0.2, -0.15) is 0 Å². The molecule has 156 valence electrons. The second-order valence-electron chi connectivity index (χ2n) is 7.98. The number of fused-ring (bicyclic) bond motifs is 1. The van der Waals surface area contributed by atoms with Gasteiger partial charge in [-0.15, -0.1) is 0 Å². The van der Waals surface area contributed by atoms with E-state index in [1.54, 1.807) is 14.2 Å². The zero-order valence-electron chi connectivity index (χ0n) is 17.8. The van der Waals surface area contributed by atoms with Gasteiger partial charge in [-0.25, -0.2) is 4.98 Å². The summed E-state index contributed by atoms with van der Waals surface area (Å²) in [5.74, 6) is 1.82. The van der Waals surface area contributed by atoms with Crippen LogP contribution in [-0.4, -0.2) is 31.2 Å². The molecule has 0 saturated heterocycles. The molecule has 1 heterocycles. The molecule has 0 unspecified atom stereocenters. The second kappa shape index (κ2) is 8.74. The van der Waals surface area contributed by atoms with Crippen molar-refractivity contribution in [1.82, 2.24) is 10.3 Å². The molecule has 5 nitrogen and oxygen atoms in total. The summed E-state index contributed by atoms with van der Waals surface area (Å²) in [6.07, 6.45) is 4.61. The van der Waals surface area contributed by atoms with E-state index in [0.29, 0.717) is 28.7 Å². The molecule has 0 radical (unpaired) electrons. The third kappa shape index (κ3) is 3.97. The first-order chi connectivity index (χ1) is 14.6. The van der Waals surface area contributed by atoms with Crippen LogP contribution in [0.3, 0.4) is 0 Å². The van der Waals surface area contributed by atoms with E-state index in [-0.39, 0.29) is 11.9 Å². The number of aromatic nitrogens is 1.